The third-order valence-corrected chi connectivity index (χ3v) is 2.87. The van der Waals surface area contributed by atoms with Crippen LogP contribution in [0.4, 0.5) is 10.1 Å². The van der Waals surface area contributed by atoms with Crippen LogP contribution in [0.1, 0.15) is 17.4 Å². The van der Waals surface area contributed by atoms with Crippen LogP contribution in [-0.4, -0.2) is 15.7 Å². The maximum Gasteiger partial charge on any atom is 0.276 e. The largest absolute Gasteiger partial charge is 0.318 e. The minimum absolute atomic E-state index is 0.134. The molecule has 1 aromatic carbocycles. The third kappa shape index (κ3) is 2.76. The predicted molar refractivity (Wildman–Crippen MR) is 70.0 cm³/mol. The Morgan fingerprint density at radius 2 is 2.28 bits per heavy atom. The van der Waals surface area contributed by atoms with E-state index in [0.29, 0.717) is 11.0 Å². The number of amides is 1. The number of benzene rings is 1. The molecule has 1 N–H and O–H groups in total. The Hall–Kier alpha value is -1.69. The molecule has 2 aromatic rings. The van der Waals surface area contributed by atoms with Crippen LogP contribution in [0.5, 0.6) is 0 Å². The Balaban J connectivity index is 2.16. The lowest BCUT2D eigenvalue weighted by Crippen LogP contribution is -2.14. The highest BCUT2D eigenvalue weighted by Gasteiger charge is 2.12. The number of aryl methyl sites for hydroxylation is 1. The summed E-state index contributed by atoms with van der Waals surface area (Å²) in [5.41, 5.74) is 0.397. The lowest BCUT2D eigenvalue weighted by molar-refractivity contribution is 0.102. The van der Waals surface area contributed by atoms with Crippen molar-refractivity contribution in [2.75, 3.05) is 5.32 Å². The van der Waals surface area contributed by atoms with E-state index in [0.717, 1.165) is 0 Å². The van der Waals surface area contributed by atoms with Gasteiger partial charge in [-0.1, -0.05) is 15.9 Å². The molecule has 0 aliphatic rings. The maximum atomic E-state index is 13.5. The van der Waals surface area contributed by atoms with Gasteiger partial charge in [-0.2, -0.15) is 5.10 Å². The molecule has 0 fully saturated rings. The summed E-state index contributed by atoms with van der Waals surface area (Å²) < 4.78 is 15.8. The van der Waals surface area contributed by atoms with Crippen molar-refractivity contribution in [3.05, 3.63) is 46.4 Å². The number of hydrogen-bond donors (Lipinski definition) is 1. The van der Waals surface area contributed by atoms with Gasteiger partial charge in [0.2, 0.25) is 0 Å². The molecule has 4 nitrogen and oxygen atoms in total. The molecule has 0 spiro atoms. The zero-order valence-corrected chi connectivity index (χ0v) is 11.2. The highest BCUT2D eigenvalue weighted by Crippen LogP contribution is 2.19. The SMILES string of the molecule is CCn1ccc(C(=O)Nc2ccc(Br)cc2F)n1. The molecular formula is C12H11BrFN3O. The van der Waals surface area contributed by atoms with Gasteiger partial charge >= 0.3 is 0 Å². The summed E-state index contributed by atoms with van der Waals surface area (Å²) in [6.45, 7) is 2.60. The average Bonchev–Trinajstić information content (AvgIpc) is 2.81. The molecule has 1 aromatic heterocycles. The van der Waals surface area contributed by atoms with E-state index in [1.54, 1.807) is 23.0 Å². The second kappa shape index (κ2) is 5.30. The minimum atomic E-state index is -0.493. The zero-order valence-electron chi connectivity index (χ0n) is 9.65. The van der Waals surface area contributed by atoms with E-state index in [-0.39, 0.29) is 11.4 Å². The van der Waals surface area contributed by atoms with E-state index in [1.807, 2.05) is 6.92 Å². The van der Waals surface area contributed by atoms with Gasteiger partial charge in [-0.25, -0.2) is 4.39 Å². The van der Waals surface area contributed by atoms with Gasteiger partial charge in [-0.15, -0.1) is 0 Å². The van der Waals surface area contributed by atoms with Crippen LogP contribution in [0.25, 0.3) is 0 Å². The van der Waals surface area contributed by atoms with Gasteiger partial charge in [-0.3, -0.25) is 9.48 Å². The van der Waals surface area contributed by atoms with Crippen molar-refractivity contribution in [1.82, 2.24) is 9.78 Å². The molecule has 1 heterocycles. The Morgan fingerprint density at radius 3 is 2.89 bits per heavy atom. The zero-order chi connectivity index (χ0) is 13.1. The number of hydrogen-bond acceptors (Lipinski definition) is 2. The molecule has 0 aliphatic heterocycles. The van der Waals surface area contributed by atoms with E-state index < -0.39 is 11.7 Å². The van der Waals surface area contributed by atoms with E-state index in [4.69, 9.17) is 0 Å². The molecule has 0 aliphatic carbocycles. The van der Waals surface area contributed by atoms with Crippen molar-refractivity contribution in [2.24, 2.45) is 0 Å². The van der Waals surface area contributed by atoms with Crippen LogP contribution in [0.2, 0.25) is 0 Å². The van der Waals surface area contributed by atoms with Gasteiger partial charge in [0, 0.05) is 17.2 Å². The van der Waals surface area contributed by atoms with Crippen LogP contribution in [-0.2, 0) is 6.54 Å². The third-order valence-electron chi connectivity index (χ3n) is 2.38. The number of rotatable bonds is 3. The van der Waals surface area contributed by atoms with Gasteiger partial charge in [0.15, 0.2) is 5.69 Å². The van der Waals surface area contributed by atoms with Crippen molar-refractivity contribution in [3.8, 4) is 0 Å². The summed E-state index contributed by atoms with van der Waals surface area (Å²) in [4.78, 5) is 11.8. The number of carbonyl (C=O) groups is 1. The summed E-state index contributed by atoms with van der Waals surface area (Å²) in [7, 11) is 0. The van der Waals surface area contributed by atoms with Gasteiger partial charge in [0.25, 0.3) is 5.91 Å². The van der Waals surface area contributed by atoms with Crippen LogP contribution < -0.4 is 5.32 Å². The van der Waals surface area contributed by atoms with E-state index in [2.05, 4.69) is 26.3 Å². The van der Waals surface area contributed by atoms with Crippen molar-refractivity contribution in [2.45, 2.75) is 13.5 Å². The highest BCUT2D eigenvalue weighted by molar-refractivity contribution is 9.10. The highest BCUT2D eigenvalue weighted by atomic mass is 79.9. The Kier molecular flexibility index (Phi) is 3.76. The Labute approximate surface area is 112 Å². The number of aromatic nitrogens is 2. The first-order valence-electron chi connectivity index (χ1n) is 5.40. The normalized spacial score (nSPS) is 10.4. The van der Waals surface area contributed by atoms with E-state index >= 15 is 0 Å². The minimum Gasteiger partial charge on any atom is -0.318 e. The molecule has 1 amide bonds. The number of halogens is 2. The fourth-order valence-electron chi connectivity index (χ4n) is 1.44. The average molecular weight is 312 g/mol. The first-order valence-corrected chi connectivity index (χ1v) is 6.19. The predicted octanol–water partition coefficient (Wildman–Crippen LogP) is 3.06. The first-order chi connectivity index (χ1) is 8.60. The quantitative estimate of drug-likeness (QED) is 0.947. The molecule has 18 heavy (non-hydrogen) atoms. The summed E-state index contributed by atoms with van der Waals surface area (Å²) in [6.07, 6.45) is 1.70. The van der Waals surface area contributed by atoms with Crippen molar-refractivity contribution >= 4 is 27.5 Å². The van der Waals surface area contributed by atoms with Gasteiger partial charge in [0.1, 0.15) is 5.82 Å². The second-order valence-electron chi connectivity index (χ2n) is 3.63. The molecule has 0 unspecified atom stereocenters. The monoisotopic (exact) mass is 311 g/mol. The molecule has 0 radical (unpaired) electrons. The Morgan fingerprint density at radius 1 is 1.50 bits per heavy atom. The van der Waals surface area contributed by atoms with E-state index in [9.17, 15) is 9.18 Å². The van der Waals surface area contributed by atoms with E-state index in [1.165, 1.54) is 12.1 Å². The lowest BCUT2D eigenvalue weighted by atomic mass is 10.3. The number of carbonyl (C=O) groups excluding carboxylic acids is 1. The first kappa shape index (κ1) is 12.8. The lowest BCUT2D eigenvalue weighted by Gasteiger charge is -2.04. The molecule has 0 saturated carbocycles. The van der Waals surface area contributed by atoms with Crippen LogP contribution in [0.3, 0.4) is 0 Å². The standard InChI is InChI=1S/C12H11BrFN3O/c1-2-17-6-5-11(16-17)12(18)15-10-4-3-8(13)7-9(10)14/h3-7H,2H2,1H3,(H,15,18). The van der Waals surface area contributed by atoms with Crippen LogP contribution >= 0.6 is 15.9 Å². The van der Waals surface area contributed by atoms with Crippen LogP contribution in [0.15, 0.2) is 34.9 Å². The number of anilines is 1. The summed E-state index contributed by atoms with van der Waals surface area (Å²) >= 11 is 3.15. The number of nitrogens with one attached hydrogen (secondary N) is 1. The van der Waals surface area contributed by atoms with Gasteiger partial charge in [0.05, 0.1) is 5.69 Å². The van der Waals surface area contributed by atoms with Crippen molar-refractivity contribution in [1.29, 1.82) is 0 Å². The summed E-state index contributed by atoms with van der Waals surface area (Å²) in [6, 6.07) is 6.04. The van der Waals surface area contributed by atoms with Crippen molar-refractivity contribution in [3.63, 3.8) is 0 Å². The van der Waals surface area contributed by atoms with Gasteiger partial charge in [-0.05, 0) is 31.2 Å². The summed E-state index contributed by atoms with van der Waals surface area (Å²) in [5.74, 6) is -0.920. The molecule has 2 rings (SSSR count). The topological polar surface area (TPSA) is 46.9 Å². The van der Waals surface area contributed by atoms with Gasteiger partial charge < -0.3 is 5.32 Å². The molecule has 6 heteroatoms. The fourth-order valence-corrected chi connectivity index (χ4v) is 1.77. The van der Waals surface area contributed by atoms with Crippen molar-refractivity contribution < 1.29 is 9.18 Å². The molecule has 0 atom stereocenters. The fraction of sp³-hybridized carbons (Fsp3) is 0.167. The summed E-state index contributed by atoms with van der Waals surface area (Å²) in [5, 5.41) is 6.53. The second-order valence-corrected chi connectivity index (χ2v) is 4.55. The molecule has 0 saturated heterocycles. The number of nitrogens with zero attached hydrogens (tertiary/aromatic N) is 2. The van der Waals surface area contributed by atoms with Crippen LogP contribution in [0, 0.1) is 5.82 Å². The molecule has 94 valence electrons. The molecular weight excluding hydrogens is 301 g/mol. The smallest absolute Gasteiger partial charge is 0.276 e. The maximum absolute atomic E-state index is 13.5. The Bertz CT molecular complexity index is 582. The molecule has 0 bridgehead atoms.